The molecule has 0 aromatic heterocycles. The van der Waals surface area contributed by atoms with Crippen molar-refractivity contribution in [2.75, 3.05) is 39.1 Å². The Morgan fingerprint density at radius 1 is 1.15 bits per heavy atom. The number of ether oxygens (including phenoxy) is 1. The fourth-order valence-corrected chi connectivity index (χ4v) is 4.81. The summed E-state index contributed by atoms with van der Waals surface area (Å²) < 4.78 is 32.0. The third-order valence-electron chi connectivity index (χ3n) is 5.65. The van der Waals surface area contributed by atoms with Gasteiger partial charge in [0.05, 0.1) is 12.5 Å². The fraction of sp³-hybridized carbons (Fsp3) is 0.417. The summed E-state index contributed by atoms with van der Waals surface area (Å²) in [5.74, 6) is -0.480. The summed E-state index contributed by atoms with van der Waals surface area (Å²) in [6.07, 6.45) is 1.38. The number of carbonyl (C=O) groups is 2. The molecule has 9 heteroatoms. The lowest BCUT2D eigenvalue weighted by Crippen LogP contribution is -2.43. The zero-order chi connectivity index (χ0) is 24.2. The Kier molecular flexibility index (Phi) is 7.76. The largest absolute Gasteiger partial charge is 0.492 e. The smallest absolute Gasteiger partial charge is 0.253 e. The molecule has 1 unspecified atom stereocenters. The molecule has 0 spiro atoms. The van der Waals surface area contributed by atoms with Crippen molar-refractivity contribution in [3.63, 3.8) is 0 Å². The maximum atomic E-state index is 13.0. The number of benzene rings is 2. The summed E-state index contributed by atoms with van der Waals surface area (Å²) in [5.41, 5.74) is 2.05. The van der Waals surface area contributed by atoms with E-state index in [0.29, 0.717) is 37.4 Å². The van der Waals surface area contributed by atoms with E-state index in [-0.39, 0.29) is 28.4 Å². The topological polar surface area (TPSA) is 96.0 Å². The van der Waals surface area contributed by atoms with Gasteiger partial charge in [-0.3, -0.25) is 9.59 Å². The van der Waals surface area contributed by atoms with Crippen molar-refractivity contribution >= 4 is 27.5 Å². The van der Waals surface area contributed by atoms with Crippen molar-refractivity contribution in [3.8, 4) is 5.75 Å². The Morgan fingerprint density at radius 3 is 2.48 bits per heavy atom. The first-order chi connectivity index (χ1) is 15.6. The zero-order valence-corrected chi connectivity index (χ0v) is 20.3. The lowest BCUT2D eigenvalue weighted by molar-refractivity contribution is -0.121. The lowest BCUT2D eigenvalue weighted by Gasteiger charge is -2.32. The number of likely N-dealkylation sites (tertiary alicyclic amines) is 1. The fourth-order valence-electron chi connectivity index (χ4n) is 3.76. The van der Waals surface area contributed by atoms with Crippen LogP contribution in [0, 0.1) is 12.8 Å². The van der Waals surface area contributed by atoms with Crippen LogP contribution < -0.4 is 10.1 Å². The molecule has 2 aromatic rings. The predicted octanol–water partition coefficient (Wildman–Crippen LogP) is 3.13. The Hall–Kier alpha value is -2.91. The molecule has 2 aromatic carbocycles. The van der Waals surface area contributed by atoms with Gasteiger partial charge in [-0.15, -0.1) is 0 Å². The number of carbonyl (C=O) groups excluding carboxylic acids is 2. The van der Waals surface area contributed by atoms with Gasteiger partial charge in [-0.25, -0.2) is 12.7 Å². The van der Waals surface area contributed by atoms with E-state index in [1.54, 1.807) is 36.1 Å². The van der Waals surface area contributed by atoms with E-state index in [1.165, 1.54) is 20.2 Å². The van der Waals surface area contributed by atoms with Gasteiger partial charge in [-0.05, 0) is 57.0 Å². The number of aryl methyl sites for hydroxylation is 1. The molecule has 0 saturated carbocycles. The second-order valence-corrected chi connectivity index (χ2v) is 10.4. The summed E-state index contributed by atoms with van der Waals surface area (Å²) in [4.78, 5) is 27.5. The van der Waals surface area contributed by atoms with Crippen LogP contribution in [0.1, 0.15) is 35.7 Å². The van der Waals surface area contributed by atoms with E-state index >= 15 is 0 Å². The van der Waals surface area contributed by atoms with Crippen LogP contribution in [-0.4, -0.2) is 63.2 Å². The van der Waals surface area contributed by atoms with Crippen LogP contribution in [0.15, 0.2) is 47.4 Å². The highest BCUT2D eigenvalue weighted by atomic mass is 32.2. The van der Waals surface area contributed by atoms with Gasteiger partial charge >= 0.3 is 0 Å². The lowest BCUT2D eigenvalue weighted by atomic mass is 9.96. The van der Waals surface area contributed by atoms with Gasteiger partial charge < -0.3 is 15.0 Å². The number of sulfonamides is 1. The van der Waals surface area contributed by atoms with Crippen molar-refractivity contribution in [1.82, 2.24) is 9.21 Å². The van der Waals surface area contributed by atoms with Gasteiger partial charge in [-0.2, -0.15) is 0 Å². The molecule has 1 saturated heterocycles. The van der Waals surface area contributed by atoms with E-state index in [9.17, 15) is 18.0 Å². The number of nitrogens with zero attached hydrogens (tertiary/aromatic N) is 2. The molecule has 1 N–H and O–H groups in total. The molecule has 8 nitrogen and oxygen atoms in total. The Balaban J connectivity index is 1.75. The highest BCUT2D eigenvalue weighted by Crippen LogP contribution is 2.30. The second kappa shape index (κ2) is 10.4. The Labute approximate surface area is 195 Å². The standard InChI is InChI=1S/C24H31N3O5S/c1-5-32-21-13-12-20(15-22(21)33(30,31)26(3)4)25-23(28)19-7-6-14-27(16-19)24(29)18-10-8-17(2)9-11-18/h8-13,15,19H,5-7,14,16H2,1-4H3,(H,25,28). The quantitative estimate of drug-likeness (QED) is 0.667. The number of amides is 2. The first kappa shape index (κ1) is 24.7. The minimum Gasteiger partial charge on any atom is -0.492 e. The molecule has 2 amide bonds. The number of hydrogen-bond acceptors (Lipinski definition) is 5. The third kappa shape index (κ3) is 5.72. The van der Waals surface area contributed by atoms with Crippen LogP contribution in [-0.2, 0) is 14.8 Å². The van der Waals surface area contributed by atoms with Gasteiger partial charge in [0, 0.05) is 38.4 Å². The monoisotopic (exact) mass is 473 g/mol. The van der Waals surface area contributed by atoms with Gasteiger partial charge in [0.25, 0.3) is 5.91 Å². The maximum Gasteiger partial charge on any atom is 0.253 e. The molecule has 33 heavy (non-hydrogen) atoms. The molecule has 1 atom stereocenters. The number of anilines is 1. The molecular formula is C24H31N3O5S. The van der Waals surface area contributed by atoms with Crippen LogP contribution in [0.4, 0.5) is 5.69 Å². The Morgan fingerprint density at radius 2 is 1.85 bits per heavy atom. The van der Waals surface area contributed by atoms with Gasteiger partial charge in [-0.1, -0.05) is 17.7 Å². The number of nitrogens with one attached hydrogen (secondary N) is 1. The predicted molar refractivity (Wildman–Crippen MR) is 127 cm³/mol. The molecule has 3 rings (SSSR count). The van der Waals surface area contributed by atoms with E-state index in [2.05, 4.69) is 5.32 Å². The average molecular weight is 474 g/mol. The van der Waals surface area contributed by atoms with Crippen LogP contribution in [0.2, 0.25) is 0 Å². The third-order valence-corrected chi connectivity index (χ3v) is 7.48. The molecule has 0 aliphatic carbocycles. The summed E-state index contributed by atoms with van der Waals surface area (Å²) in [6.45, 7) is 4.97. The average Bonchev–Trinajstić information content (AvgIpc) is 2.80. The Bertz CT molecular complexity index is 1110. The highest BCUT2D eigenvalue weighted by molar-refractivity contribution is 7.89. The number of piperidine rings is 1. The molecule has 178 valence electrons. The van der Waals surface area contributed by atoms with E-state index in [1.807, 2.05) is 19.1 Å². The summed E-state index contributed by atoms with van der Waals surface area (Å²) in [5, 5.41) is 2.82. The molecule has 1 aliphatic heterocycles. The van der Waals surface area contributed by atoms with Crippen LogP contribution in [0.5, 0.6) is 5.75 Å². The van der Waals surface area contributed by atoms with Crippen molar-refractivity contribution < 1.29 is 22.7 Å². The van der Waals surface area contributed by atoms with Crippen molar-refractivity contribution in [3.05, 3.63) is 53.6 Å². The van der Waals surface area contributed by atoms with Gasteiger partial charge in [0.15, 0.2) is 0 Å². The van der Waals surface area contributed by atoms with E-state index in [0.717, 1.165) is 16.3 Å². The molecule has 1 heterocycles. The SMILES string of the molecule is CCOc1ccc(NC(=O)C2CCCN(C(=O)c3ccc(C)cc3)C2)cc1S(=O)(=O)N(C)C. The van der Waals surface area contributed by atoms with Crippen molar-refractivity contribution in [2.45, 2.75) is 31.6 Å². The zero-order valence-electron chi connectivity index (χ0n) is 19.5. The molecule has 0 radical (unpaired) electrons. The van der Waals surface area contributed by atoms with Crippen LogP contribution in [0.3, 0.4) is 0 Å². The summed E-state index contributed by atoms with van der Waals surface area (Å²) >= 11 is 0. The molecule has 1 fully saturated rings. The van der Waals surface area contributed by atoms with E-state index < -0.39 is 10.0 Å². The highest BCUT2D eigenvalue weighted by Gasteiger charge is 2.30. The first-order valence-corrected chi connectivity index (χ1v) is 12.4. The molecular weight excluding hydrogens is 442 g/mol. The van der Waals surface area contributed by atoms with Crippen molar-refractivity contribution in [2.24, 2.45) is 5.92 Å². The first-order valence-electron chi connectivity index (χ1n) is 11.0. The second-order valence-electron chi connectivity index (χ2n) is 8.33. The minimum atomic E-state index is -3.76. The van der Waals surface area contributed by atoms with Crippen molar-refractivity contribution in [1.29, 1.82) is 0 Å². The molecule has 0 bridgehead atoms. The summed E-state index contributed by atoms with van der Waals surface area (Å²) in [7, 11) is -0.878. The normalized spacial score (nSPS) is 16.5. The van der Waals surface area contributed by atoms with Gasteiger partial charge in [0.1, 0.15) is 10.6 Å². The number of rotatable bonds is 7. The summed E-state index contributed by atoms with van der Waals surface area (Å²) in [6, 6.07) is 12.0. The molecule has 1 aliphatic rings. The van der Waals surface area contributed by atoms with E-state index in [4.69, 9.17) is 4.74 Å². The van der Waals surface area contributed by atoms with Crippen LogP contribution >= 0.6 is 0 Å². The minimum absolute atomic E-state index is 0.00744. The van der Waals surface area contributed by atoms with Gasteiger partial charge in [0.2, 0.25) is 15.9 Å². The van der Waals surface area contributed by atoms with Crippen LogP contribution in [0.25, 0.3) is 0 Å². The number of hydrogen-bond donors (Lipinski definition) is 1. The maximum absolute atomic E-state index is 13.0.